The summed E-state index contributed by atoms with van der Waals surface area (Å²) in [6.45, 7) is 4.40. The lowest BCUT2D eigenvalue weighted by Crippen LogP contribution is -2.26. The number of nitrogens with two attached hydrogens (primary N) is 1. The number of halogens is 1. The van der Waals surface area contributed by atoms with Crippen molar-refractivity contribution in [3.8, 4) is 11.4 Å². The fraction of sp³-hybridized carbons (Fsp3) is 0.471. The molecule has 0 bridgehead atoms. The minimum Gasteiger partial charge on any atom is -0.345 e. The molecule has 1 unspecified atom stereocenters. The van der Waals surface area contributed by atoms with Gasteiger partial charge in [-0.1, -0.05) is 35.3 Å². The molecule has 0 aliphatic rings. The zero-order valence-electron chi connectivity index (χ0n) is 14.0. The van der Waals surface area contributed by atoms with Crippen LogP contribution in [0.2, 0.25) is 5.02 Å². The number of amides is 1. The Hall–Kier alpha value is -1.92. The quantitative estimate of drug-likeness (QED) is 0.711. The lowest BCUT2D eigenvalue weighted by Gasteiger charge is -2.09. The largest absolute Gasteiger partial charge is 0.345 e. The standard InChI is InChI=1S/C17H23ClN4O2/c1-11-7-8-13(10-14(11)18)16-21-17(24-22-16)12(2)20-15(23)6-4-3-5-9-19/h7-8,10,12H,3-6,9,19H2,1-2H3,(H,20,23). The number of rotatable bonds is 8. The van der Waals surface area contributed by atoms with Gasteiger partial charge in [-0.25, -0.2) is 0 Å². The summed E-state index contributed by atoms with van der Waals surface area (Å²) in [6.07, 6.45) is 3.19. The molecule has 0 radical (unpaired) electrons. The normalized spacial score (nSPS) is 12.2. The molecule has 0 saturated carbocycles. The summed E-state index contributed by atoms with van der Waals surface area (Å²) >= 11 is 6.12. The monoisotopic (exact) mass is 350 g/mol. The van der Waals surface area contributed by atoms with Gasteiger partial charge in [0.25, 0.3) is 0 Å². The van der Waals surface area contributed by atoms with Crippen molar-refractivity contribution in [1.29, 1.82) is 0 Å². The zero-order chi connectivity index (χ0) is 17.5. The Labute approximate surface area is 146 Å². The third kappa shape index (κ3) is 5.04. The number of carbonyl (C=O) groups excluding carboxylic acids is 1. The number of unbranched alkanes of at least 4 members (excludes halogenated alkanes) is 2. The fourth-order valence-corrected chi connectivity index (χ4v) is 2.42. The number of hydrogen-bond donors (Lipinski definition) is 2. The second-order valence-electron chi connectivity index (χ2n) is 5.81. The lowest BCUT2D eigenvalue weighted by molar-refractivity contribution is -0.122. The van der Waals surface area contributed by atoms with Crippen LogP contribution in [-0.4, -0.2) is 22.6 Å². The highest BCUT2D eigenvalue weighted by atomic mass is 35.5. The minimum atomic E-state index is -0.339. The van der Waals surface area contributed by atoms with Crippen LogP contribution >= 0.6 is 11.6 Å². The van der Waals surface area contributed by atoms with E-state index >= 15 is 0 Å². The van der Waals surface area contributed by atoms with Crippen molar-refractivity contribution >= 4 is 17.5 Å². The molecule has 0 spiro atoms. The highest BCUT2D eigenvalue weighted by Crippen LogP contribution is 2.24. The fourth-order valence-electron chi connectivity index (χ4n) is 2.24. The molecule has 3 N–H and O–H groups in total. The van der Waals surface area contributed by atoms with Gasteiger partial charge in [0.15, 0.2) is 0 Å². The van der Waals surface area contributed by atoms with Crippen LogP contribution in [0.4, 0.5) is 0 Å². The van der Waals surface area contributed by atoms with Gasteiger partial charge in [-0.3, -0.25) is 4.79 Å². The average Bonchev–Trinajstić information content (AvgIpc) is 3.04. The van der Waals surface area contributed by atoms with Gasteiger partial charge in [0, 0.05) is 17.0 Å². The van der Waals surface area contributed by atoms with E-state index in [0.717, 1.165) is 30.4 Å². The van der Waals surface area contributed by atoms with Gasteiger partial charge >= 0.3 is 0 Å². The van der Waals surface area contributed by atoms with Crippen molar-refractivity contribution in [1.82, 2.24) is 15.5 Å². The molecule has 1 amide bonds. The first-order valence-electron chi connectivity index (χ1n) is 8.11. The smallest absolute Gasteiger partial charge is 0.249 e. The second-order valence-corrected chi connectivity index (χ2v) is 6.22. The molecular formula is C17H23ClN4O2. The SMILES string of the molecule is Cc1ccc(-c2noc(C(C)NC(=O)CCCCCN)n2)cc1Cl. The molecule has 0 aliphatic heterocycles. The van der Waals surface area contributed by atoms with Crippen LogP contribution in [-0.2, 0) is 4.79 Å². The summed E-state index contributed by atoms with van der Waals surface area (Å²) < 4.78 is 5.26. The summed E-state index contributed by atoms with van der Waals surface area (Å²) in [4.78, 5) is 16.2. The van der Waals surface area contributed by atoms with Crippen molar-refractivity contribution < 1.29 is 9.32 Å². The predicted octanol–water partition coefficient (Wildman–Crippen LogP) is 3.39. The summed E-state index contributed by atoms with van der Waals surface area (Å²) in [6, 6.07) is 5.25. The van der Waals surface area contributed by atoms with Gasteiger partial charge in [-0.15, -0.1) is 0 Å². The van der Waals surface area contributed by atoms with E-state index in [0.29, 0.717) is 29.7 Å². The van der Waals surface area contributed by atoms with Crippen LogP contribution in [0.5, 0.6) is 0 Å². The van der Waals surface area contributed by atoms with Crippen molar-refractivity contribution in [3.63, 3.8) is 0 Å². The first-order valence-corrected chi connectivity index (χ1v) is 8.48. The first kappa shape index (κ1) is 18.4. The average molecular weight is 351 g/mol. The summed E-state index contributed by atoms with van der Waals surface area (Å²) in [5.74, 6) is 0.797. The van der Waals surface area contributed by atoms with Crippen molar-refractivity contribution in [3.05, 3.63) is 34.7 Å². The number of nitrogens with zero attached hydrogens (tertiary/aromatic N) is 2. The Morgan fingerprint density at radius 1 is 1.38 bits per heavy atom. The number of aryl methyl sites for hydroxylation is 1. The highest BCUT2D eigenvalue weighted by molar-refractivity contribution is 6.31. The summed E-state index contributed by atoms with van der Waals surface area (Å²) in [7, 11) is 0. The van der Waals surface area contributed by atoms with Crippen LogP contribution in [0, 0.1) is 6.92 Å². The maximum Gasteiger partial charge on any atom is 0.249 e. The molecule has 1 aromatic carbocycles. The molecule has 0 aliphatic carbocycles. The van der Waals surface area contributed by atoms with E-state index in [4.69, 9.17) is 21.9 Å². The number of hydrogen-bond acceptors (Lipinski definition) is 5. The van der Waals surface area contributed by atoms with Crippen LogP contribution in [0.1, 0.15) is 50.1 Å². The zero-order valence-corrected chi connectivity index (χ0v) is 14.8. The van der Waals surface area contributed by atoms with Gasteiger partial charge in [0.1, 0.15) is 6.04 Å². The Kier molecular flexibility index (Phi) is 6.75. The van der Waals surface area contributed by atoms with E-state index < -0.39 is 0 Å². The second kappa shape index (κ2) is 8.80. The number of carbonyl (C=O) groups is 1. The molecule has 1 heterocycles. The van der Waals surface area contributed by atoms with Crippen LogP contribution in [0.3, 0.4) is 0 Å². The maximum absolute atomic E-state index is 11.9. The van der Waals surface area contributed by atoms with Crippen LogP contribution in [0.25, 0.3) is 11.4 Å². The van der Waals surface area contributed by atoms with E-state index in [1.54, 1.807) is 6.07 Å². The number of aromatic nitrogens is 2. The van der Waals surface area contributed by atoms with Gasteiger partial charge in [0.2, 0.25) is 17.6 Å². The molecule has 2 aromatic rings. The molecule has 0 fully saturated rings. The number of nitrogens with one attached hydrogen (secondary N) is 1. The van der Waals surface area contributed by atoms with Crippen LogP contribution in [0.15, 0.2) is 22.7 Å². The Bertz CT molecular complexity index is 687. The van der Waals surface area contributed by atoms with E-state index in [9.17, 15) is 4.79 Å². The number of benzene rings is 1. The molecule has 1 atom stereocenters. The molecular weight excluding hydrogens is 328 g/mol. The van der Waals surface area contributed by atoms with E-state index in [2.05, 4.69) is 15.5 Å². The van der Waals surface area contributed by atoms with E-state index in [-0.39, 0.29) is 11.9 Å². The Balaban J connectivity index is 1.94. The summed E-state index contributed by atoms with van der Waals surface area (Å²) in [5.41, 5.74) is 7.20. The third-order valence-corrected chi connectivity index (χ3v) is 4.13. The molecule has 7 heteroatoms. The minimum absolute atomic E-state index is 0.0300. The van der Waals surface area contributed by atoms with Crippen molar-refractivity contribution in [2.24, 2.45) is 5.73 Å². The molecule has 6 nitrogen and oxygen atoms in total. The third-order valence-electron chi connectivity index (χ3n) is 3.73. The summed E-state index contributed by atoms with van der Waals surface area (Å²) in [5, 5.41) is 7.48. The molecule has 2 rings (SSSR count). The molecule has 130 valence electrons. The van der Waals surface area contributed by atoms with Crippen molar-refractivity contribution in [2.75, 3.05) is 6.54 Å². The Morgan fingerprint density at radius 3 is 2.88 bits per heavy atom. The Morgan fingerprint density at radius 2 is 2.17 bits per heavy atom. The van der Waals surface area contributed by atoms with Crippen molar-refractivity contribution in [2.45, 2.75) is 45.6 Å². The maximum atomic E-state index is 11.9. The van der Waals surface area contributed by atoms with E-state index in [1.165, 1.54) is 0 Å². The van der Waals surface area contributed by atoms with Crippen LogP contribution < -0.4 is 11.1 Å². The lowest BCUT2D eigenvalue weighted by atomic mass is 10.1. The molecule has 0 saturated heterocycles. The van der Waals surface area contributed by atoms with Gasteiger partial charge in [-0.05, 0) is 44.9 Å². The first-order chi connectivity index (χ1) is 11.5. The topological polar surface area (TPSA) is 94.0 Å². The molecule has 24 heavy (non-hydrogen) atoms. The van der Waals surface area contributed by atoms with Gasteiger partial charge in [-0.2, -0.15) is 4.98 Å². The van der Waals surface area contributed by atoms with Gasteiger partial charge < -0.3 is 15.6 Å². The predicted molar refractivity (Wildman–Crippen MR) is 93.6 cm³/mol. The highest BCUT2D eigenvalue weighted by Gasteiger charge is 2.17. The van der Waals surface area contributed by atoms with E-state index in [1.807, 2.05) is 26.0 Å². The van der Waals surface area contributed by atoms with Gasteiger partial charge in [0.05, 0.1) is 0 Å². The molecule has 1 aromatic heterocycles.